The van der Waals surface area contributed by atoms with Gasteiger partial charge >= 0.3 is 12.2 Å². The predicted molar refractivity (Wildman–Crippen MR) is 66.7 cm³/mol. The fourth-order valence-corrected chi connectivity index (χ4v) is 1.15. The van der Waals surface area contributed by atoms with Crippen LogP contribution in [0.15, 0.2) is 25.3 Å². The molecule has 0 aromatic heterocycles. The molecule has 0 spiro atoms. The van der Waals surface area contributed by atoms with Crippen molar-refractivity contribution in [2.75, 3.05) is 19.5 Å². The van der Waals surface area contributed by atoms with Gasteiger partial charge in [-0.25, -0.2) is 9.59 Å². The van der Waals surface area contributed by atoms with E-state index in [-0.39, 0.29) is 13.2 Å². The molecule has 0 saturated heterocycles. The van der Waals surface area contributed by atoms with Gasteiger partial charge in [0.25, 0.3) is 0 Å². The van der Waals surface area contributed by atoms with Gasteiger partial charge in [-0.15, -0.1) is 11.8 Å². The molecule has 0 aromatic carbocycles. The van der Waals surface area contributed by atoms with Crippen LogP contribution >= 0.6 is 11.8 Å². The van der Waals surface area contributed by atoms with Crippen molar-refractivity contribution in [3.63, 3.8) is 0 Å². The highest BCUT2D eigenvalue weighted by Crippen LogP contribution is 2.00. The molecule has 0 atom stereocenters. The Hall–Kier alpha value is -1.63. The number of amides is 2. The SMILES string of the molecule is C=CCOC(=O)NC(NC(=O)OCC=C)SC. The molecule has 7 heteroatoms. The van der Waals surface area contributed by atoms with Crippen molar-refractivity contribution >= 4 is 23.9 Å². The van der Waals surface area contributed by atoms with E-state index in [1.54, 1.807) is 6.26 Å². The second-order valence-electron chi connectivity index (χ2n) is 2.68. The molecule has 0 saturated carbocycles. The molecule has 0 unspecified atom stereocenters. The smallest absolute Gasteiger partial charge is 0.409 e. The van der Waals surface area contributed by atoms with Crippen LogP contribution in [0.25, 0.3) is 0 Å². The van der Waals surface area contributed by atoms with Crippen LogP contribution in [-0.2, 0) is 9.47 Å². The number of rotatable bonds is 7. The van der Waals surface area contributed by atoms with Crippen LogP contribution in [0.2, 0.25) is 0 Å². The highest BCUT2D eigenvalue weighted by molar-refractivity contribution is 7.99. The zero-order chi connectivity index (χ0) is 13.1. The number of hydrogen-bond donors (Lipinski definition) is 2. The van der Waals surface area contributed by atoms with Crippen LogP contribution in [0.5, 0.6) is 0 Å². The van der Waals surface area contributed by atoms with Crippen LogP contribution < -0.4 is 10.6 Å². The average Bonchev–Trinajstić information content (AvgIpc) is 2.32. The van der Waals surface area contributed by atoms with E-state index in [2.05, 4.69) is 23.8 Å². The van der Waals surface area contributed by atoms with E-state index in [4.69, 9.17) is 9.47 Å². The lowest BCUT2D eigenvalue weighted by atomic mass is 10.7. The molecule has 2 amide bonds. The van der Waals surface area contributed by atoms with E-state index in [0.29, 0.717) is 0 Å². The number of hydrogen-bond acceptors (Lipinski definition) is 5. The molecule has 6 nitrogen and oxygen atoms in total. The Kier molecular flexibility index (Phi) is 8.67. The molecule has 17 heavy (non-hydrogen) atoms. The minimum absolute atomic E-state index is 0.105. The Labute approximate surface area is 104 Å². The maximum Gasteiger partial charge on any atom is 0.409 e. The second-order valence-corrected chi connectivity index (χ2v) is 3.62. The molecule has 0 radical (unpaired) electrons. The van der Waals surface area contributed by atoms with Crippen LogP contribution in [0.1, 0.15) is 0 Å². The number of ether oxygens (including phenoxy) is 2. The van der Waals surface area contributed by atoms with Gasteiger partial charge in [-0.1, -0.05) is 25.3 Å². The van der Waals surface area contributed by atoms with Gasteiger partial charge in [-0.3, -0.25) is 10.6 Å². The minimum Gasteiger partial charge on any atom is -0.445 e. The van der Waals surface area contributed by atoms with Crippen molar-refractivity contribution in [1.82, 2.24) is 10.6 Å². The molecule has 96 valence electrons. The van der Waals surface area contributed by atoms with Crippen molar-refractivity contribution in [1.29, 1.82) is 0 Å². The summed E-state index contributed by atoms with van der Waals surface area (Å²) in [7, 11) is 0. The van der Waals surface area contributed by atoms with Crippen LogP contribution in [0.3, 0.4) is 0 Å². The summed E-state index contributed by atoms with van der Waals surface area (Å²) in [5, 5.41) is 4.85. The normalized spacial score (nSPS) is 9.29. The maximum atomic E-state index is 11.2. The Morgan fingerprint density at radius 3 is 1.88 bits per heavy atom. The lowest BCUT2D eigenvalue weighted by Crippen LogP contribution is -2.46. The monoisotopic (exact) mass is 260 g/mol. The van der Waals surface area contributed by atoms with E-state index in [1.165, 1.54) is 23.9 Å². The highest BCUT2D eigenvalue weighted by Gasteiger charge is 2.14. The first kappa shape index (κ1) is 15.4. The summed E-state index contributed by atoms with van der Waals surface area (Å²) in [4.78, 5) is 22.3. The second kappa shape index (κ2) is 9.59. The van der Waals surface area contributed by atoms with Crippen molar-refractivity contribution < 1.29 is 19.1 Å². The molecule has 0 aliphatic rings. The first-order valence-electron chi connectivity index (χ1n) is 4.75. The van der Waals surface area contributed by atoms with Crippen molar-refractivity contribution in [2.24, 2.45) is 0 Å². The zero-order valence-corrected chi connectivity index (χ0v) is 10.4. The Morgan fingerprint density at radius 1 is 1.18 bits per heavy atom. The third-order valence-corrected chi connectivity index (χ3v) is 2.11. The average molecular weight is 260 g/mol. The van der Waals surface area contributed by atoms with E-state index in [0.717, 1.165) is 0 Å². The van der Waals surface area contributed by atoms with Crippen molar-refractivity contribution in [3.05, 3.63) is 25.3 Å². The number of carbonyl (C=O) groups is 2. The lowest BCUT2D eigenvalue weighted by molar-refractivity contribution is 0.147. The summed E-state index contributed by atoms with van der Waals surface area (Å²) in [5.74, 6) is 0. The third-order valence-electron chi connectivity index (χ3n) is 1.40. The van der Waals surface area contributed by atoms with Crippen LogP contribution in [-0.4, -0.2) is 37.2 Å². The number of alkyl carbamates (subject to hydrolysis) is 2. The van der Waals surface area contributed by atoms with Crippen LogP contribution in [0, 0.1) is 0 Å². The van der Waals surface area contributed by atoms with Gasteiger partial charge in [0.05, 0.1) is 0 Å². The highest BCUT2D eigenvalue weighted by atomic mass is 32.2. The summed E-state index contributed by atoms with van der Waals surface area (Å²) in [5.41, 5.74) is -0.621. The molecule has 0 aliphatic carbocycles. The molecular weight excluding hydrogens is 244 g/mol. The van der Waals surface area contributed by atoms with E-state index in [1.807, 2.05) is 0 Å². The van der Waals surface area contributed by atoms with Gasteiger partial charge in [0, 0.05) is 0 Å². The molecule has 0 rings (SSSR count). The fraction of sp³-hybridized carbons (Fsp3) is 0.400. The summed E-state index contributed by atoms with van der Waals surface area (Å²) < 4.78 is 9.39. The van der Waals surface area contributed by atoms with Gasteiger partial charge < -0.3 is 9.47 Å². The first-order valence-corrected chi connectivity index (χ1v) is 6.04. The topological polar surface area (TPSA) is 76.7 Å². The van der Waals surface area contributed by atoms with E-state index in [9.17, 15) is 9.59 Å². The Morgan fingerprint density at radius 2 is 1.59 bits per heavy atom. The molecule has 0 aromatic rings. The quantitative estimate of drug-likeness (QED) is 0.535. The molecule has 0 fully saturated rings. The fourth-order valence-electron chi connectivity index (χ4n) is 0.721. The number of nitrogens with one attached hydrogen (secondary N) is 2. The Balaban J connectivity index is 3.97. The largest absolute Gasteiger partial charge is 0.445 e. The maximum absolute atomic E-state index is 11.2. The summed E-state index contributed by atoms with van der Waals surface area (Å²) in [6.45, 7) is 7.02. The van der Waals surface area contributed by atoms with Crippen molar-refractivity contribution in [3.8, 4) is 0 Å². The van der Waals surface area contributed by atoms with Gasteiger partial charge in [0.1, 0.15) is 13.2 Å². The van der Waals surface area contributed by atoms with E-state index >= 15 is 0 Å². The lowest BCUT2D eigenvalue weighted by Gasteiger charge is -2.17. The molecular formula is C10H16N2O4S. The molecule has 0 heterocycles. The number of thioether (sulfide) groups is 1. The zero-order valence-electron chi connectivity index (χ0n) is 9.60. The third kappa shape index (κ3) is 8.21. The minimum atomic E-state index is -0.645. The predicted octanol–water partition coefficient (Wildman–Crippen LogP) is 1.46. The van der Waals surface area contributed by atoms with E-state index < -0.39 is 17.7 Å². The van der Waals surface area contributed by atoms with Gasteiger partial charge in [-0.2, -0.15) is 0 Å². The van der Waals surface area contributed by atoms with Gasteiger partial charge in [0.15, 0.2) is 5.50 Å². The first-order chi connectivity index (χ1) is 8.13. The summed E-state index contributed by atoms with van der Waals surface area (Å²) in [6, 6.07) is 0. The summed E-state index contributed by atoms with van der Waals surface area (Å²) in [6.07, 6.45) is 3.31. The van der Waals surface area contributed by atoms with Gasteiger partial charge in [-0.05, 0) is 6.26 Å². The molecule has 0 bridgehead atoms. The molecule has 2 N–H and O–H groups in total. The van der Waals surface area contributed by atoms with Crippen LogP contribution in [0.4, 0.5) is 9.59 Å². The standard InChI is InChI=1S/C10H16N2O4S/c1-4-6-15-9(13)11-8(17-3)12-10(14)16-7-5-2/h4-5,8H,1-2,6-7H2,3H3,(H,11,13)(H,12,14). The molecule has 0 aliphatic heterocycles. The summed E-state index contributed by atoms with van der Waals surface area (Å²) >= 11 is 1.22. The Bertz CT molecular complexity index is 257. The number of carbonyl (C=O) groups excluding carboxylic acids is 2. The van der Waals surface area contributed by atoms with Crippen molar-refractivity contribution in [2.45, 2.75) is 5.50 Å². The van der Waals surface area contributed by atoms with Gasteiger partial charge in [0.2, 0.25) is 0 Å².